The van der Waals surface area contributed by atoms with Gasteiger partial charge >= 0.3 is 5.97 Å². The fraction of sp³-hybridized carbons (Fsp3) is 0.923. The summed E-state index contributed by atoms with van der Waals surface area (Å²) in [5.41, 5.74) is -0.702. The van der Waals surface area contributed by atoms with Gasteiger partial charge in [-0.1, -0.05) is 6.92 Å². The minimum Gasteiger partial charge on any atom is -0.480 e. The first kappa shape index (κ1) is 13.8. The largest absolute Gasteiger partial charge is 0.480 e. The maximum atomic E-state index is 11.5. The van der Waals surface area contributed by atoms with Crippen molar-refractivity contribution in [3.8, 4) is 0 Å². The van der Waals surface area contributed by atoms with Gasteiger partial charge in [-0.05, 0) is 32.2 Å². The Balaban J connectivity index is 1.98. The molecule has 0 aromatic heterocycles. The van der Waals surface area contributed by atoms with Crippen molar-refractivity contribution in [3.63, 3.8) is 0 Å². The highest BCUT2D eigenvalue weighted by molar-refractivity contribution is 5.79. The molecule has 0 amide bonds. The first-order valence-electron chi connectivity index (χ1n) is 6.98. The van der Waals surface area contributed by atoms with Crippen molar-refractivity contribution in [2.75, 3.05) is 32.8 Å². The van der Waals surface area contributed by atoms with Crippen LogP contribution in [-0.4, -0.2) is 60.4 Å². The molecular formula is C13H24N2O3. The Kier molecular flexibility index (Phi) is 4.59. The molecule has 0 aromatic carbocycles. The van der Waals surface area contributed by atoms with E-state index < -0.39 is 11.5 Å². The highest BCUT2D eigenvalue weighted by Crippen LogP contribution is 2.33. The molecule has 0 bridgehead atoms. The van der Waals surface area contributed by atoms with Crippen LogP contribution in [0.1, 0.15) is 32.6 Å². The fourth-order valence-electron chi connectivity index (χ4n) is 3.23. The number of ether oxygens (including phenoxy) is 1. The van der Waals surface area contributed by atoms with E-state index in [-0.39, 0.29) is 0 Å². The number of carboxylic acids is 1. The molecule has 1 aliphatic heterocycles. The molecule has 1 heterocycles. The first-order chi connectivity index (χ1) is 8.68. The minimum atomic E-state index is -0.702. The number of carbonyl (C=O) groups is 1. The van der Waals surface area contributed by atoms with Crippen molar-refractivity contribution in [2.24, 2.45) is 0 Å². The van der Waals surface area contributed by atoms with Crippen LogP contribution in [0.15, 0.2) is 0 Å². The standard InChI is InChI=1S/C13H24N2O3/c1-2-14-13(12(16)17)5-4-11(10-13)15-6-3-8-18-9-7-15/h11,14H,2-10H2,1H3,(H,16,17). The Hall–Kier alpha value is -0.650. The van der Waals surface area contributed by atoms with Gasteiger partial charge in [0.05, 0.1) is 6.61 Å². The lowest BCUT2D eigenvalue weighted by Gasteiger charge is -2.29. The van der Waals surface area contributed by atoms with Gasteiger partial charge in [0.15, 0.2) is 0 Å². The molecule has 5 nitrogen and oxygen atoms in total. The van der Waals surface area contributed by atoms with Crippen LogP contribution in [-0.2, 0) is 9.53 Å². The van der Waals surface area contributed by atoms with Gasteiger partial charge in [0.2, 0.25) is 0 Å². The summed E-state index contributed by atoms with van der Waals surface area (Å²) in [6.45, 7) is 6.26. The van der Waals surface area contributed by atoms with Crippen LogP contribution in [0, 0.1) is 0 Å². The summed E-state index contributed by atoms with van der Waals surface area (Å²) in [5, 5.41) is 12.6. The van der Waals surface area contributed by atoms with E-state index in [1.807, 2.05) is 6.92 Å². The summed E-state index contributed by atoms with van der Waals surface area (Å²) in [6.07, 6.45) is 3.48. The molecule has 18 heavy (non-hydrogen) atoms. The van der Waals surface area contributed by atoms with Crippen molar-refractivity contribution < 1.29 is 14.6 Å². The average Bonchev–Trinajstić information content (AvgIpc) is 2.61. The molecule has 1 saturated heterocycles. The van der Waals surface area contributed by atoms with Crippen molar-refractivity contribution in [1.29, 1.82) is 0 Å². The number of nitrogens with one attached hydrogen (secondary N) is 1. The third-order valence-electron chi connectivity index (χ3n) is 4.19. The van der Waals surface area contributed by atoms with Crippen LogP contribution in [0.4, 0.5) is 0 Å². The molecule has 104 valence electrons. The van der Waals surface area contributed by atoms with Crippen LogP contribution in [0.3, 0.4) is 0 Å². The van der Waals surface area contributed by atoms with E-state index >= 15 is 0 Å². The minimum absolute atomic E-state index is 0.391. The molecule has 2 fully saturated rings. The normalized spacial score (nSPS) is 34.4. The molecule has 0 radical (unpaired) electrons. The average molecular weight is 256 g/mol. The third kappa shape index (κ3) is 2.84. The zero-order valence-corrected chi connectivity index (χ0v) is 11.2. The molecule has 2 aliphatic rings. The summed E-state index contributed by atoms with van der Waals surface area (Å²) in [6, 6.07) is 0.391. The maximum absolute atomic E-state index is 11.5. The highest BCUT2D eigenvalue weighted by Gasteiger charge is 2.46. The molecule has 1 aliphatic carbocycles. The molecule has 0 aromatic rings. The van der Waals surface area contributed by atoms with Crippen LogP contribution in [0.25, 0.3) is 0 Å². The number of rotatable bonds is 4. The van der Waals surface area contributed by atoms with Crippen LogP contribution in [0.2, 0.25) is 0 Å². The van der Waals surface area contributed by atoms with Crippen molar-refractivity contribution in [2.45, 2.75) is 44.2 Å². The lowest BCUT2D eigenvalue weighted by atomic mass is 9.97. The number of hydrogen-bond acceptors (Lipinski definition) is 4. The molecule has 2 atom stereocenters. The van der Waals surface area contributed by atoms with Gasteiger partial charge in [0.25, 0.3) is 0 Å². The maximum Gasteiger partial charge on any atom is 0.323 e. The summed E-state index contributed by atoms with van der Waals surface area (Å²) in [5.74, 6) is -0.696. The Morgan fingerprint density at radius 2 is 2.33 bits per heavy atom. The van der Waals surface area contributed by atoms with E-state index in [4.69, 9.17) is 4.74 Å². The Bertz CT molecular complexity index is 290. The van der Waals surface area contributed by atoms with E-state index in [0.29, 0.717) is 12.6 Å². The number of hydrogen-bond donors (Lipinski definition) is 2. The topological polar surface area (TPSA) is 61.8 Å². The number of carboxylic acid groups (broad SMARTS) is 1. The third-order valence-corrected chi connectivity index (χ3v) is 4.19. The van der Waals surface area contributed by atoms with E-state index in [9.17, 15) is 9.90 Å². The van der Waals surface area contributed by atoms with Gasteiger partial charge < -0.3 is 15.2 Å². The zero-order chi connectivity index (χ0) is 13.0. The van der Waals surface area contributed by atoms with Crippen molar-refractivity contribution >= 4 is 5.97 Å². The van der Waals surface area contributed by atoms with Gasteiger partial charge in [-0.25, -0.2) is 0 Å². The molecule has 2 rings (SSSR count). The lowest BCUT2D eigenvalue weighted by molar-refractivity contribution is -0.144. The van der Waals surface area contributed by atoms with E-state index in [2.05, 4.69) is 10.2 Å². The molecule has 5 heteroatoms. The van der Waals surface area contributed by atoms with E-state index in [0.717, 1.165) is 52.0 Å². The zero-order valence-electron chi connectivity index (χ0n) is 11.2. The Morgan fingerprint density at radius 3 is 3.06 bits per heavy atom. The predicted octanol–water partition coefficient (Wildman–Crippen LogP) is 0.694. The Labute approximate surface area is 108 Å². The van der Waals surface area contributed by atoms with Gasteiger partial charge in [-0.3, -0.25) is 9.69 Å². The van der Waals surface area contributed by atoms with Crippen molar-refractivity contribution in [3.05, 3.63) is 0 Å². The monoisotopic (exact) mass is 256 g/mol. The second kappa shape index (κ2) is 5.99. The van der Waals surface area contributed by atoms with Gasteiger partial charge in [-0.2, -0.15) is 0 Å². The van der Waals surface area contributed by atoms with Crippen LogP contribution in [0.5, 0.6) is 0 Å². The molecule has 2 N–H and O–H groups in total. The predicted molar refractivity (Wildman–Crippen MR) is 68.7 cm³/mol. The smallest absolute Gasteiger partial charge is 0.323 e. The fourth-order valence-corrected chi connectivity index (χ4v) is 3.23. The molecule has 0 spiro atoms. The van der Waals surface area contributed by atoms with E-state index in [1.165, 1.54) is 0 Å². The van der Waals surface area contributed by atoms with Gasteiger partial charge in [0, 0.05) is 25.7 Å². The molecule has 2 unspecified atom stereocenters. The van der Waals surface area contributed by atoms with Gasteiger partial charge in [-0.15, -0.1) is 0 Å². The molecular weight excluding hydrogens is 232 g/mol. The second-order valence-electron chi connectivity index (χ2n) is 5.32. The number of aliphatic carboxylic acids is 1. The SMILES string of the molecule is CCNC1(C(=O)O)CCC(N2CCCOCC2)C1. The van der Waals surface area contributed by atoms with Crippen LogP contribution >= 0.6 is 0 Å². The highest BCUT2D eigenvalue weighted by atomic mass is 16.5. The van der Waals surface area contributed by atoms with E-state index in [1.54, 1.807) is 0 Å². The molecule has 1 saturated carbocycles. The number of likely N-dealkylation sites (N-methyl/N-ethyl adjacent to an activating group) is 1. The number of nitrogens with zero attached hydrogens (tertiary/aromatic N) is 1. The Morgan fingerprint density at radius 1 is 1.50 bits per heavy atom. The van der Waals surface area contributed by atoms with Crippen LogP contribution < -0.4 is 5.32 Å². The second-order valence-corrected chi connectivity index (χ2v) is 5.32. The first-order valence-corrected chi connectivity index (χ1v) is 6.98. The van der Waals surface area contributed by atoms with Crippen molar-refractivity contribution in [1.82, 2.24) is 10.2 Å². The summed E-state index contributed by atoms with van der Waals surface area (Å²) >= 11 is 0. The lowest BCUT2D eigenvalue weighted by Crippen LogP contribution is -2.51. The summed E-state index contributed by atoms with van der Waals surface area (Å²) in [4.78, 5) is 13.9. The summed E-state index contributed by atoms with van der Waals surface area (Å²) in [7, 11) is 0. The quantitative estimate of drug-likeness (QED) is 0.775. The van der Waals surface area contributed by atoms with Gasteiger partial charge in [0.1, 0.15) is 5.54 Å². The summed E-state index contributed by atoms with van der Waals surface area (Å²) < 4.78 is 5.46.